The van der Waals surface area contributed by atoms with Crippen molar-refractivity contribution in [3.8, 4) is 0 Å². The van der Waals surface area contributed by atoms with Crippen molar-refractivity contribution in [3.63, 3.8) is 0 Å². The summed E-state index contributed by atoms with van der Waals surface area (Å²) < 4.78 is 14.0. The molecule has 94 valence electrons. The lowest BCUT2D eigenvalue weighted by Crippen LogP contribution is -2.16. The summed E-state index contributed by atoms with van der Waals surface area (Å²) in [4.78, 5) is 14.0. The van der Waals surface area contributed by atoms with E-state index in [1.165, 1.54) is 16.8 Å². The summed E-state index contributed by atoms with van der Waals surface area (Å²) in [5, 5.41) is 7.11. The number of benzene rings is 1. The zero-order chi connectivity index (χ0) is 13.0. The largest absolute Gasteiger partial charge is 0.378 e. The van der Waals surface area contributed by atoms with Gasteiger partial charge in [0.1, 0.15) is 11.6 Å². The Bertz CT molecular complexity index is 585. The van der Waals surface area contributed by atoms with Gasteiger partial charge in [-0.1, -0.05) is 6.08 Å². The molecule has 1 aromatic heterocycles. The first-order valence-corrected chi connectivity index (χ1v) is 5.45. The predicted octanol–water partition coefficient (Wildman–Crippen LogP) is 1.51. The number of hydrogen-bond acceptors (Lipinski definition) is 3. The molecule has 2 aromatic rings. The fourth-order valence-corrected chi connectivity index (χ4v) is 1.48. The van der Waals surface area contributed by atoms with E-state index in [1.54, 1.807) is 18.2 Å². The second-order valence-electron chi connectivity index (χ2n) is 3.71. The summed E-state index contributed by atoms with van der Waals surface area (Å²) in [5.41, 5.74) is 0.487. The zero-order valence-electron chi connectivity index (χ0n) is 9.69. The van der Waals surface area contributed by atoms with Crippen LogP contribution in [0.2, 0.25) is 0 Å². The van der Waals surface area contributed by atoms with Crippen molar-refractivity contribution in [3.05, 3.63) is 59.0 Å². The van der Waals surface area contributed by atoms with E-state index in [4.69, 9.17) is 0 Å². The Morgan fingerprint density at radius 1 is 1.44 bits per heavy atom. The van der Waals surface area contributed by atoms with E-state index in [0.717, 1.165) is 5.69 Å². The van der Waals surface area contributed by atoms with Crippen molar-refractivity contribution in [2.45, 2.75) is 13.1 Å². The molecule has 0 atom stereocenters. The summed E-state index contributed by atoms with van der Waals surface area (Å²) >= 11 is 0. The average molecular weight is 248 g/mol. The Labute approximate surface area is 103 Å². The maximum absolute atomic E-state index is 12.7. The normalized spacial score (nSPS) is 10.3. The van der Waals surface area contributed by atoms with Crippen LogP contribution in [-0.2, 0) is 13.1 Å². The predicted molar refractivity (Wildman–Crippen MR) is 66.8 cm³/mol. The van der Waals surface area contributed by atoms with Crippen molar-refractivity contribution in [2.75, 3.05) is 5.32 Å². The van der Waals surface area contributed by atoms with Crippen LogP contribution in [0.1, 0.15) is 5.82 Å². The van der Waals surface area contributed by atoms with E-state index in [0.29, 0.717) is 18.9 Å². The highest BCUT2D eigenvalue weighted by Gasteiger charge is 2.03. The fraction of sp³-hybridized carbons (Fsp3) is 0.167. The van der Waals surface area contributed by atoms with E-state index in [-0.39, 0.29) is 11.5 Å². The Morgan fingerprint density at radius 3 is 2.83 bits per heavy atom. The van der Waals surface area contributed by atoms with Gasteiger partial charge in [-0.05, 0) is 24.3 Å². The molecule has 0 fully saturated rings. The fourth-order valence-electron chi connectivity index (χ4n) is 1.48. The van der Waals surface area contributed by atoms with Crippen molar-refractivity contribution in [1.29, 1.82) is 0 Å². The van der Waals surface area contributed by atoms with E-state index in [1.807, 2.05) is 0 Å². The van der Waals surface area contributed by atoms with Gasteiger partial charge < -0.3 is 5.32 Å². The molecular weight excluding hydrogens is 235 g/mol. The van der Waals surface area contributed by atoms with Gasteiger partial charge in [-0.2, -0.15) is 5.10 Å². The third-order valence-corrected chi connectivity index (χ3v) is 2.33. The van der Waals surface area contributed by atoms with Crippen LogP contribution in [0.4, 0.5) is 10.1 Å². The third kappa shape index (κ3) is 2.85. The second-order valence-corrected chi connectivity index (χ2v) is 3.71. The van der Waals surface area contributed by atoms with E-state index < -0.39 is 0 Å². The highest BCUT2D eigenvalue weighted by atomic mass is 19.1. The van der Waals surface area contributed by atoms with Crippen LogP contribution in [0.15, 0.2) is 41.7 Å². The minimum atomic E-state index is -0.288. The SMILES string of the molecule is C=CCn1nc(CNc2ccc(F)cc2)[nH]c1=O. The number of allylic oxidation sites excluding steroid dienone is 1. The van der Waals surface area contributed by atoms with Crippen LogP contribution in [0.3, 0.4) is 0 Å². The number of nitrogens with one attached hydrogen (secondary N) is 2. The number of aromatic nitrogens is 3. The Balaban J connectivity index is 2.01. The van der Waals surface area contributed by atoms with Gasteiger partial charge in [0.15, 0.2) is 0 Å². The number of aromatic amines is 1. The molecule has 6 heteroatoms. The number of hydrogen-bond donors (Lipinski definition) is 2. The second kappa shape index (κ2) is 5.31. The number of anilines is 1. The molecule has 2 rings (SSSR count). The van der Waals surface area contributed by atoms with Gasteiger partial charge in [0.25, 0.3) is 0 Å². The highest BCUT2D eigenvalue weighted by molar-refractivity contribution is 5.42. The van der Waals surface area contributed by atoms with Gasteiger partial charge in [-0.15, -0.1) is 6.58 Å². The first-order valence-electron chi connectivity index (χ1n) is 5.45. The molecule has 0 saturated carbocycles. The monoisotopic (exact) mass is 248 g/mol. The van der Waals surface area contributed by atoms with Crippen LogP contribution < -0.4 is 11.0 Å². The first-order chi connectivity index (χ1) is 8.69. The molecule has 0 amide bonds. The standard InChI is InChI=1S/C12H13FN4O/c1-2-7-17-12(18)15-11(16-17)8-14-10-5-3-9(13)4-6-10/h2-6,14H,1,7-8H2,(H,15,16,18). The molecule has 1 aromatic carbocycles. The molecule has 0 spiro atoms. The summed E-state index contributed by atoms with van der Waals surface area (Å²) in [6.45, 7) is 4.28. The number of rotatable bonds is 5. The van der Waals surface area contributed by atoms with Crippen molar-refractivity contribution >= 4 is 5.69 Å². The quantitative estimate of drug-likeness (QED) is 0.788. The molecular formula is C12H13FN4O. The third-order valence-electron chi connectivity index (χ3n) is 2.33. The molecule has 0 saturated heterocycles. The van der Waals surface area contributed by atoms with Crippen LogP contribution >= 0.6 is 0 Å². The van der Waals surface area contributed by atoms with Crippen LogP contribution in [-0.4, -0.2) is 14.8 Å². The molecule has 0 aliphatic carbocycles. The molecule has 18 heavy (non-hydrogen) atoms. The Hall–Kier alpha value is -2.37. The molecule has 0 bridgehead atoms. The van der Waals surface area contributed by atoms with Gasteiger partial charge in [0.2, 0.25) is 0 Å². The van der Waals surface area contributed by atoms with Crippen molar-refractivity contribution in [1.82, 2.24) is 14.8 Å². The topological polar surface area (TPSA) is 62.7 Å². The number of nitrogens with zero attached hydrogens (tertiary/aromatic N) is 2. The van der Waals surface area contributed by atoms with Crippen LogP contribution in [0, 0.1) is 5.82 Å². The van der Waals surface area contributed by atoms with E-state index in [9.17, 15) is 9.18 Å². The lowest BCUT2D eigenvalue weighted by molar-refractivity contribution is 0.628. The smallest absolute Gasteiger partial charge is 0.343 e. The van der Waals surface area contributed by atoms with Gasteiger partial charge in [0, 0.05) is 5.69 Å². The lowest BCUT2D eigenvalue weighted by Gasteiger charge is -2.03. The van der Waals surface area contributed by atoms with Gasteiger partial charge in [0.05, 0.1) is 13.1 Å². The molecule has 0 radical (unpaired) electrons. The summed E-state index contributed by atoms with van der Waals surface area (Å²) in [6, 6.07) is 5.96. The Kier molecular flexibility index (Phi) is 3.57. The summed E-state index contributed by atoms with van der Waals surface area (Å²) in [5.74, 6) is 0.232. The van der Waals surface area contributed by atoms with Crippen molar-refractivity contribution in [2.24, 2.45) is 0 Å². The highest BCUT2D eigenvalue weighted by Crippen LogP contribution is 2.08. The molecule has 1 heterocycles. The molecule has 0 aliphatic heterocycles. The molecule has 0 aliphatic rings. The summed E-state index contributed by atoms with van der Waals surface area (Å²) in [7, 11) is 0. The lowest BCUT2D eigenvalue weighted by atomic mass is 10.3. The van der Waals surface area contributed by atoms with Crippen LogP contribution in [0.25, 0.3) is 0 Å². The zero-order valence-corrected chi connectivity index (χ0v) is 9.69. The Morgan fingerprint density at radius 2 is 2.17 bits per heavy atom. The van der Waals surface area contributed by atoms with Gasteiger partial charge >= 0.3 is 5.69 Å². The minimum Gasteiger partial charge on any atom is -0.378 e. The number of H-pyrrole nitrogens is 1. The first kappa shape index (κ1) is 12.1. The maximum Gasteiger partial charge on any atom is 0.343 e. The van der Waals surface area contributed by atoms with Crippen LogP contribution in [0.5, 0.6) is 0 Å². The number of halogens is 1. The minimum absolute atomic E-state index is 0.272. The molecule has 2 N–H and O–H groups in total. The molecule has 5 nitrogen and oxygen atoms in total. The van der Waals surface area contributed by atoms with Crippen molar-refractivity contribution < 1.29 is 4.39 Å². The van der Waals surface area contributed by atoms with Gasteiger partial charge in [-0.25, -0.2) is 13.9 Å². The maximum atomic E-state index is 12.7. The average Bonchev–Trinajstić information content (AvgIpc) is 2.70. The summed E-state index contributed by atoms with van der Waals surface area (Å²) in [6.07, 6.45) is 1.60. The molecule has 0 unspecified atom stereocenters. The van der Waals surface area contributed by atoms with E-state index in [2.05, 4.69) is 22.0 Å². The van der Waals surface area contributed by atoms with Gasteiger partial charge in [-0.3, -0.25) is 4.98 Å². The van der Waals surface area contributed by atoms with E-state index >= 15 is 0 Å².